The second-order valence-corrected chi connectivity index (χ2v) is 5.08. The van der Waals surface area contributed by atoms with Crippen molar-refractivity contribution in [2.24, 2.45) is 0 Å². The van der Waals surface area contributed by atoms with Crippen molar-refractivity contribution < 1.29 is 9.53 Å². The smallest absolute Gasteiger partial charge is 0.200 e. The summed E-state index contributed by atoms with van der Waals surface area (Å²) in [5, 5.41) is 1.41. The van der Waals surface area contributed by atoms with E-state index in [1.807, 2.05) is 6.07 Å². The fourth-order valence-corrected chi connectivity index (χ4v) is 2.55. The summed E-state index contributed by atoms with van der Waals surface area (Å²) in [6, 6.07) is 10.5. The van der Waals surface area contributed by atoms with Crippen LogP contribution < -0.4 is 10.5 Å². The third-order valence-corrected chi connectivity index (χ3v) is 3.63. The Labute approximate surface area is 126 Å². The summed E-state index contributed by atoms with van der Waals surface area (Å²) in [5.41, 5.74) is 8.05. The molecule has 0 fully saturated rings. The van der Waals surface area contributed by atoms with E-state index in [-0.39, 0.29) is 5.78 Å². The molecule has 3 N–H and O–H groups in total. The summed E-state index contributed by atoms with van der Waals surface area (Å²) >= 11 is 5.95. The fourth-order valence-electron chi connectivity index (χ4n) is 2.38. The number of nitrogens with one attached hydrogen (secondary N) is 1. The first kappa shape index (κ1) is 13.5. The lowest BCUT2D eigenvalue weighted by atomic mass is 10.0. The van der Waals surface area contributed by atoms with Crippen molar-refractivity contribution in [3.8, 4) is 5.75 Å². The summed E-state index contributed by atoms with van der Waals surface area (Å²) in [7, 11) is 1.51. The second kappa shape index (κ2) is 5.14. The molecule has 0 aliphatic carbocycles. The number of hydrogen-bond acceptors (Lipinski definition) is 3. The number of benzene rings is 2. The van der Waals surface area contributed by atoms with Crippen LogP contribution in [0.4, 0.5) is 5.69 Å². The molecule has 0 spiro atoms. The summed E-state index contributed by atoms with van der Waals surface area (Å²) in [6.45, 7) is 0. The zero-order valence-corrected chi connectivity index (χ0v) is 12.1. The minimum absolute atomic E-state index is 0.182. The van der Waals surface area contributed by atoms with Crippen molar-refractivity contribution in [3.05, 3.63) is 58.7 Å². The Bertz CT molecular complexity index is 839. The van der Waals surface area contributed by atoms with Gasteiger partial charge < -0.3 is 15.5 Å². The van der Waals surface area contributed by atoms with Gasteiger partial charge in [-0.2, -0.15) is 0 Å². The van der Waals surface area contributed by atoms with Gasteiger partial charge in [0.1, 0.15) is 5.75 Å². The largest absolute Gasteiger partial charge is 0.496 e. The Balaban J connectivity index is 2.18. The molecule has 0 unspecified atom stereocenters. The first-order chi connectivity index (χ1) is 10.1. The molecular formula is C16H13ClN2O2. The number of aromatic amines is 1. The molecule has 106 valence electrons. The second-order valence-electron chi connectivity index (χ2n) is 4.65. The molecule has 0 atom stereocenters. The van der Waals surface area contributed by atoms with Crippen molar-refractivity contribution in [3.63, 3.8) is 0 Å². The highest BCUT2D eigenvalue weighted by molar-refractivity contribution is 6.31. The lowest BCUT2D eigenvalue weighted by Gasteiger charge is -2.09. The fraction of sp³-hybridized carbons (Fsp3) is 0.0625. The molecule has 0 saturated carbocycles. The summed E-state index contributed by atoms with van der Waals surface area (Å²) in [5.74, 6) is 0.279. The molecule has 5 heteroatoms. The summed E-state index contributed by atoms with van der Waals surface area (Å²) in [4.78, 5) is 15.8. The number of ether oxygens (including phenoxy) is 1. The highest BCUT2D eigenvalue weighted by Crippen LogP contribution is 2.30. The van der Waals surface area contributed by atoms with Crippen LogP contribution in [-0.2, 0) is 0 Å². The van der Waals surface area contributed by atoms with E-state index in [9.17, 15) is 4.79 Å². The van der Waals surface area contributed by atoms with Crippen LogP contribution in [-0.4, -0.2) is 17.9 Å². The molecule has 0 radical (unpaired) electrons. The molecule has 1 aromatic heterocycles. The molecule has 0 amide bonds. The van der Waals surface area contributed by atoms with Crippen LogP contribution in [0.2, 0.25) is 5.02 Å². The van der Waals surface area contributed by atoms with Crippen LogP contribution in [0, 0.1) is 0 Å². The Hall–Kier alpha value is -2.46. The van der Waals surface area contributed by atoms with Gasteiger partial charge in [0.25, 0.3) is 0 Å². The Morgan fingerprint density at radius 1 is 1.29 bits per heavy atom. The third kappa shape index (κ3) is 2.23. The van der Waals surface area contributed by atoms with E-state index < -0.39 is 0 Å². The molecule has 0 aliphatic rings. The van der Waals surface area contributed by atoms with Crippen molar-refractivity contribution in [1.29, 1.82) is 0 Å². The van der Waals surface area contributed by atoms with Gasteiger partial charge in [0.15, 0.2) is 0 Å². The number of nitrogen functional groups attached to an aromatic ring is 1. The molecular weight excluding hydrogens is 288 g/mol. The van der Waals surface area contributed by atoms with Gasteiger partial charge >= 0.3 is 0 Å². The van der Waals surface area contributed by atoms with Gasteiger partial charge in [-0.1, -0.05) is 23.7 Å². The van der Waals surface area contributed by atoms with Crippen molar-refractivity contribution in [1.82, 2.24) is 4.98 Å². The molecule has 21 heavy (non-hydrogen) atoms. The number of fused-ring (bicyclic) bond motifs is 1. The minimum atomic E-state index is -0.182. The van der Waals surface area contributed by atoms with E-state index >= 15 is 0 Å². The van der Waals surface area contributed by atoms with Crippen molar-refractivity contribution >= 4 is 34.0 Å². The number of rotatable bonds is 3. The van der Waals surface area contributed by atoms with E-state index in [1.165, 1.54) is 7.11 Å². The average Bonchev–Trinajstić information content (AvgIpc) is 2.89. The minimum Gasteiger partial charge on any atom is -0.496 e. The Morgan fingerprint density at radius 3 is 2.86 bits per heavy atom. The Kier molecular flexibility index (Phi) is 3.31. The maximum absolute atomic E-state index is 12.8. The van der Waals surface area contributed by atoms with Gasteiger partial charge in [0.2, 0.25) is 5.78 Å². The number of halogens is 1. The monoisotopic (exact) mass is 300 g/mol. The number of hydrogen-bond donors (Lipinski definition) is 2. The number of carbonyl (C=O) groups is 1. The van der Waals surface area contributed by atoms with Crippen LogP contribution in [0.25, 0.3) is 10.9 Å². The van der Waals surface area contributed by atoms with E-state index in [0.29, 0.717) is 27.6 Å². The number of methoxy groups -OCH3 is 1. The van der Waals surface area contributed by atoms with Crippen LogP contribution in [0.5, 0.6) is 5.75 Å². The van der Waals surface area contributed by atoms with Gasteiger partial charge in [-0.15, -0.1) is 0 Å². The van der Waals surface area contributed by atoms with Crippen molar-refractivity contribution in [2.45, 2.75) is 0 Å². The first-order valence-electron chi connectivity index (χ1n) is 6.35. The lowest BCUT2D eigenvalue weighted by molar-refractivity contribution is 0.103. The van der Waals surface area contributed by atoms with Crippen molar-refractivity contribution in [2.75, 3.05) is 12.8 Å². The molecule has 4 nitrogen and oxygen atoms in total. The molecule has 3 rings (SSSR count). The van der Waals surface area contributed by atoms with Crippen LogP contribution in [0.1, 0.15) is 15.9 Å². The number of ketones is 1. The predicted molar refractivity (Wildman–Crippen MR) is 84.1 cm³/mol. The van der Waals surface area contributed by atoms with E-state index in [2.05, 4.69) is 4.98 Å². The molecule has 0 bridgehead atoms. The highest BCUT2D eigenvalue weighted by atomic mass is 35.5. The third-order valence-electron chi connectivity index (χ3n) is 3.39. The SMILES string of the molecule is COc1cccc(N)c1C(=O)c1c[nH]c2cc(Cl)ccc12. The zero-order chi connectivity index (χ0) is 15.0. The number of carbonyl (C=O) groups excluding carboxylic acids is 1. The number of H-pyrrole nitrogens is 1. The molecule has 0 saturated heterocycles. The maximum atomic E-state index is 12.8. The van der Waals surface area contributed by atoms with E-state index in [1.54, 1.807) is 36.5 Å². The van der Waals surface area contributed by atoms with E-state index in [4.69, 9.17) is 22.1 Å². The molecule has 1 heterocycles. The quantitative estimate of drug-likeness (QED) is 0.573. The average molecular weight is 301 g/mol. The number of aromatic nitrogens is 1. The first-order valence-corrected chi connectivity index (χ1v) is 6.73. The molecule has 3 aromatic rings. The highest BCUT2D eigenvalue weighted by Gasteiger charge is 2.20. The van der Waals surface area contributed by atoms with Gasteiger partial charge in [-0.25, -0.2) is 0 Å². The zero-order valence-electron chi connectivity index (χ0n) is 11.3. The van der Waals surface area contributed by atoms with E-state index in [0.717, 1.165) is 10.9 Å². The van der Waals surface area contributed by atoms with Crippen LogP contribution >= 0.6 is 11.6 Å². The standard InChI is InChI=1S/C16H13ClN2O2/c1-21-14-4-2-3-12(18)15(14)16(20)11-8-19-13-7-9(17)5-6-10(11)13/h2-8,19H,18H2,1H3. The normalized spacial score (nSPS) is 10.8. The lowest BCUT2D eigenvalue weighted by Crippen LogP contribution is -2.07. The summed E-state index contributed by atoms with van der Waals surface area (Å²) < 4.78 is 5.24. The van der Waals surface area contributed by atoms with Crippen LogP contribution in [0.15, 0.2) is 42.6 Å². The number of nitrogens with two attached hydrogens (primary N) is 1. The predicted octanol–water partition coefficient (Wildman–Crippen LogP) is 3.64. The Morgan fingerprint density at radius 2 is 2.10 bits per heavy atom. The van der Waals surface area contributed by atoms with Gasteiger partial charge in [-0.3, -0.25) is 4.79 Å². The van der Waals surface area contributed by atoms with Gasteiger partial charge in [-0.05, 0) is 24.3 Å². The maximum Gasteiger partial charge on any atom is 0.200 e. The summed E-state index contributed by atoms with van der Waals surface area (Å²) in [6.07, 6.45) is 1.66. The topological polar surface area (TPSA) is 68.1 Å². The van der Waals surface area contributed by atoms with Gasteiger partial charge in [0, 0.05) is 33.4 Å². The molecule has 2 aromatic carbocycles. The number of anilines is 1. The van der Waals surface area contributed by atoms with Crippen LogP contribution in [0.3, 0.4) is 0 Å². The molecule has 0 aliphatic heterocycles. The van der Waals surface area contributed by atoms with Gasteiger partial charge in [0.05, 0.1) is 12.7 Å².